The Labute approximate surface area is 159 Å². The van der Waals surface area contributed by atoms with Gasteiger partial charge in [0.15, 0.2) is 11.9 Å². The molecule has 1 aromatic carbocycles. The molecule has 1 aromatic heterocycles. The van der Waals surface area contributed by atoms with Crippen LogP contribution in [0.15, 0.2) is 30.7 Å². The third-order valence-electron chi connectivity index (χ3n) is 3.93. The molecule has 10 nitrogen and oxygen atoms in total. The minimum Gasteiger partial charge on any atom is -0.494 e. The van der Waals surface area contributed by atoms with E-state index in [2.05, 4.69) is 15.6 Å². The van der Waals surface area contributed by atoms with Gasteiger partial charge in [-0.05, 0) is 24.5 Å². The van der Waals surface area contributed by atoms with Crippen LogP contribution in [-0.4, -0.2) is 52.1 Å². The van der Waals surface area contributed by atoms with Crippen LogP contribution >= 0.6 is 11.8 Å². The van der Waals surface area contributed by atoms with E-state index in [1.165, 1.54) is 37.3 Å². The van der Waals surface area contributed by atoms with Gasteiger partial charge in [-0.15, -0.1) is 22.0 Å². The molecular weight excluding hydrogens is 372 g/mol. The number of aromatic nitrogens is 3. The Balaban J connectivity index is 1.98. The van der Waals surface area contributed by atoms with Gasteiger partial charge in [-0.2, -0.15) is 0 Å². The molecule has 3 rings (SSSR count). The molecule has 0 bridgehead atoms. The minimum absolute atomic E-state index is 0.338. The Bertz CT molecular complexity index is 912. The molecule has 1 atom stereocenters. The molecule has 2 aromatic rings. The average molecular weight is 390 g/mol. The first-order valence-corrected chi connectivity index (χ1v) is 8.99. The summed E-state index contributed by atoms with van der Waals surface area (Å²) in [6.07, 6.45) is 5.14. The third-order valence-corrected chi connectivity index (χ3v) is 4.66. The molecule has 0 saturated heterocycles. The maximum atomic E-state index is 12.1. The van der Waals surface area contributed by atoms with Crippen LogP contribution in [0.5, 0.6) is 5.75 Å². The lowest BCUT2D eigenvalue weighted by Crippen LogP contribution is -2.42. The smallest absolute Gasteiger partial charge is 0.337 e. The number of nitrogens with one attached hydrogen (secondary N) is 1. The van der Waals surface area contributed by atoms with Gasteiger partial charge in [0.25, 0.3) is 0 Å². The number of carbonyl (C=O) groups is 2. The lowest BCUT2D eigenvalue weighted by Gasteiger charge is -2.33. The molecule has 142 valence electrons. The quantitative estimate of drug-likeness (QED) is 0.697. The van der Waals surface area contributed by atoms with Crippen LogP contribution in [-0.2, 0) is 9.53 Å². The second kappa shape index (κ2) is 7.58. The summed E-state index contributed by atoms with van der Waals surface area (Å²) in [4.78, 5) is 23.8. The Morgan fingerprint density at radius 1 is 1.33 bits per heavy atom. The summed E-state index contributed by atoms with van der Waals surface area (Å²) < 4.78 is 11.8. The largest absolute Gasteiger partial charge is 0.494 e. The fourth-order valence-electron chi connectivity index (χ4n) is 2.66. The molecule has 3 N–H and O–H groups in total. The minimum atomic E-state index is -0.881. The molecule has 1 unspecified atom stereocenters. The summed E-state index contributed by atoms with van der Waals surface area (Å²) in [7, 11) is 2.78. The molecule has 27 heavy (non-hydrogen) atoms. The topological polar surface area (TPSA) is 125 Å². The Morgan fingerprint density at radius 2 is 2.11 bits per heavy atom. The zero-order valence-electron chi connectivity index (χ0n) is 14.9. The van der Waals surface area contributed by atoms with Crippen molar-refractivity contribution in [2.24, 2.45) is 5.73 Å². The predicted molar refractivity (Wildman–Crippen MR) is 99.5 cm³/mol. The van der Waals surface area contributed by atoms with Crippen molar-refractivity contribution in [1.29, 1.82) is 0 Å². The summed E-state index contributed by atoms with van der Waals surface area (Å²) in [5, 5.41) is 10.2. The van der Waals surface area contributed by atoms with Crippen molar-refractivity contribution in [2.75, 3.05) is 25.9 Å². The molecule has 1 aliphatic rings. The van der Waals surface area contributed by atoms with Crippen molar-refractivity contribution in [3.63, 3.8) is 0 Å². The Hall–Kier alpha value is -3.21. The summed E-state index contributed by atoms with van der Waals surface area (Å²) in [5.41, 5.74) is 9.56. The first-order chi connectivity index (χ1) is 13.0. The van der Waals surface area contributed by atoms with Gasteiger partial charge < -0.3 is 15.2 Å². The highest BCUT2D eigenvalue weighted by Gasteiger charge is 2.34. The molecule has 0 saturated carbocycles. The van der Waals surface area contributed by atoms with Crippen molar-refractivity contribution in [1.82, 2.24) is 19.8 Å². The number of carbonyl (C=O) groups excluding carboxylic acids is 2. The van der Waals surface area contributed by atoms with Crippen LogP contribution in [0, 0.1) is 0 Å². The van der Waals surface area contributed by atoms with E-state index in [1.54, 1.807) is 29.0 Å². The summed E-state index contributed by atoms with van der Waals surface area (Å²) >= 11 is 1.46. The zero-order valence-corrected chi connectivity index (χ0v) is 15.7. The van der Waals surface area contributed by atoms with Crippen LogP contribution in [0.2, 0.25) is 0 Å². The number of rotatable bonds is 6. The number of benzene rings is 1. The summed E-state index contributed by atoms with van der Waals surface area (Å²) in [6.45, 7) is 0. The number of ether oxygens (including phenoxy) is 2. The van der Waals surface area contributed by atoms with Gasteiger partial charge in [-0.25, -0.2) is 4.79 Å². The molecule has 0 aliphatic carbocycles. The van der Waals surface area contributed by atoms with E-state index in [0.717, 1.165) is 5.03 Å². The van der Waals surface area contributed by atoms with Crippen molar-refractivity contribution in [2.45, 2.75) is 6.04 Å². The number of hydrogen-bond donors (Lipinski definition) is 2. The number of fused-ring (bicyclic) bond motifs is 1. The lowest BCUT2D eigenvalue weighted by molar-refractivity contribution is -0.122. The van der Waals surface area contributed by atoms with E-state index in [1.807, 2.05) is 6.26 Å². The lowest BCUT2D eigenvalue weighted by atomic mass is 10.2. The van der Waals surface area contributed by atoms with E-state index in [9.17, 15) is 9.59 Å². The van der Waals surface area contributed by atoms with Crippen LogP contribution in [0.1, 0.15) is 22.2 Å². The predicted octanol–water partition coefficient (Wildman–Crippen LogP) is 1.06. The van der Waals surface area contributed by atoms with Gasteiger partial charge in [0.2, 0.25) is 5.91 Å². The fourth-order valence-corrected chi connectivity index (χ4v) is 3.22. The molecule has 0 radical (unpaired) electrons. The van der Waals surface area contributed by atoms with Crippen molar-refractivity contribution >= 4 is 34.4 Å². The normalized spacial score (nSPS) is 15.6. The maximum Gasteiger partial charge on any atom is 0.337 e. The van der Waals surface area contributed by atoms with Crippen molar-refractivity contribution in [3.8, 4) is 5.75 Å². The van der Waals surface area contributed by atoms with E-state index < -0.39 is 17.9 Å². The van der Waals surface area contributed by atoms with E-state index in [4.69, 9.17) is 15.2 Å². The first kappa shape index (κ1) is 18.6. The fraction of sp³-hybridized carbons (Fsp3) is 0.250. The number of hydrogen-bond acceptors (Lipinski definition) is 9. The summed E-state index contributed by atoms with van der Waals surface area (Å²) in [6, 6.07) is 3.89. The maximum absolute atomic E-state index is 12.1. The van der Waals surface area contributed by atoms with Gasteiger partial charge in [0.1, 0.15) is 12.1 Å². The number of nitrogens with two attached hydrogens (primary N) is 1. The number of methoxy groups -OCH3 is 2. The van der Waals surface area contributed by atoms with Crippen LogP contribution in [0.3, 0.4) is 0 Å². The Kier molecular flexibility index (Phi) is 5.21. The second-order valence-corrected chi connectivity index (χ2v) is 6.29. The SMILES string of the molecule is COC(=O)c1ccc(NN2C=C(SC)n3cnnc3C2C(N)=O)c(OC)c1. The number of nitrogens with zero attached hydrogens (tertiary/aromatic N) is 4. The van der Waals surface area contributed by atoms with E-state index >= 15 is 0 Å². The van der Waals surface area contributed by atoms with Crippen molar-refractivity contribution < 1.29 is 19.1 Å². The molecule has 0 spiro atoms. The van der Waals surface area contributed by atoms with Crippen LogP contribution in [0.25, 0.3) is 5.03 Å². The van der Waals surface area contributed by atoms with Gasteiger partial charge in [0.05, 0.1) is 36.7 Å². The standard InChI is InChI=1S/C16H18N6O4S/c1-25-11-6-9(16(24)26-2)4-5-10(11)20-22-7-12(27-3)21-8-18-19-15(21)13(22)14(17)23/h4-8,13,20H,1-3H3,(H2,17,23). The number of thioether (sulfide) groups is 1. The molecule has 1 aliphatic heterocycles. The number of hydrazine groups is 1. The highest BCUT2D eigenvalue weighted by molar-refractivity contribution is 8.07. The first-order valence-electron chi connectivity index (χ1n) is 7.77. The molecule has 1 amide bonds. The molecule has 11 heteroatoms. The van der Waals surface area contributed by atoms with Crippen LogP contribution < -0.4 is 15.9 Å². The van der Waals surface area contributed by atoms with Gasteiger partial charge in [-0.1, -0.05) is 0 Å². The monoisotopic (exact) mass is 390 g/mol. The highest BCUT2D eigenvalue weighted by Crippen LogP contribution is 2.34. The van der Waals surface area contributed by atoms with Gasteiger partial charge in [0, 0.05) is 0 Å². The number of amides is 1. The van der Waals surface area contributed by atoms with E-state index in [-0.39, 0.29) is 0 Å². The van der Waals surface area contributed by atoms with Crippen LogP contribution in [0.4, 0.5) is 5.69 Å². The zero-order chi connectivity index (χ0) is 19.6. The molecule has 2 heterocycles. The van der Waals surface area contributed by atoms with Gasteiger partial charge >= 0.3 is 5.97 Å². The number of esters is 1. The summed E-state index contributed by atoms with van der Waals surface area (Å²) in [5.74, 6) is -0.289. The second-order valence-electron chi connectivity index (χ2n) is 5.46. The Morgan fingerprint density at radius 3 is 2.74 bits per heavy atom. The molecule has 0 fully saturated rings. The third kappa shape index (κ3) is 3.40. The highest BCUT2D eigenvalue weighted by atomic mass is 32.2. The number of anilines is 1. The number of primary amides is 1. The van der Waals surface area contributed by atoms with Crippen molar-refractivity contribution in [3.05, 3.63) is 42.1 Å². The van der Waals surface area contributed by atoms with Gasteiger partial charge in [-0.3, -0.25) is 19.8 Å². The average Bonchev–Trinajstić information content (AvgIpc) is 3.15. The molecular formula is C16H18N6O4S. The van der Waals surface area contributed by atoms with E-state index in [0.29, 0.717) is 22.8 Å².